The molecule has 0 aliphatic carbocycles. The summed E-state index contributed by atoms with van der Waals surface area (Å²) in [5.41, 5.74) is 13.4. The Morgan fingerprint density at radius 3 is 2.64 bits per heavy atom. The van der Waals surface area contributed by atoms with Crippen molar-refractivity contribution in [3.8, 4) is 11.1 Å². The first-order valence-corrected chi connectivity index (χ1v) is 9.06. The van der Waals surface area contributed by atoms with E-state index in [1.807, 2.05) is 34.5 Å². The van der Waals surface area contributed by atoms with E-state index in [1.165, 1.54) is 11.3 Å². The molecule has 1 fully saturated rings. The Kier molecular flexibility index (Phi) is 5.47. The minimum atomic E-state index is -0.428. The summed E-state index contributed by atoms with van der Waals surface area (Å²) in [6, 6.07) is 9.16. The summed E-state index contributed by atoms with van der Waals surface area (Å²) in [5, 5.41) is 1.89. The van der Waals surface area contributed by atoms with Crippen LogP contribution in [-0.2, 0) is 4.74 Å². The molecule has 6 nitrogen and oxygen atoms in total. The van der Waals surface area contributed by atoms with Gasteiger partial charge in [0.05, 0.1) is 17.6 Å². The molecule has 2 amide bonds. The normalized spacial score (nSPS) is 17.5. The lowest BCUT2D eigenvalue weighted by Gasteiger charge is -2.33. The number of hydrogen-bond acceptors (Lipinski definition) is 5. The van der Waals surface area contributed by atoms with E-state index >= 15 is 0 Å². The Bertz CT molecular complexity index is 755. The molecule has 0 spiro atoms. The van der Waals surface area contributed by atoms with Crippen LogP contribution < -0.4 is 11.5 Å². The number of ether oxygens (including phenoxy) is 1. The molecule has 2 aromatic rings. The number of benzene rings is 1. The first-order valence-electron chi connectivity index (χ1n) is 8.18. The zero-order chi connectivity index (χ0) is 17.8. The monoisotopic (exact) mass is 359 g/mol. The van der Waals surface area contributed by atoms with E-state index in [0.717, 1.165) is 17.5 Å². The Hall–Kier alpha value is -2.22. The summed E-state index contributed by atoms with van der Waals surface area (Å²) < 4.78 is 5.62. The molecule has 1 aliphatic heterocycles. The summed E-state index contributed by atoms with van der Waals surface area (Å²) in [6.07, 6.45) is 0.767. The average molecular weight is 359 g/mol. The van der Waals surface area contributed by atoms with Crippen LogP contribution in [0.2, 0.25) is 0 Å². The van der Waals surface area contributed by atoms with Crippen molar-refractivity contribution in [2.24, 2.45) is 11.5 Å². The minimum Gasteiger partial charge on any atom is -0.374 e. The Labute approximate surface area is 150 Å². The zero-order valence-electron chi connectivity index (χ0n) is 13.8. The molecule has 1 aromatic heterocycles. The molecular formula is C18H21N3O3S. The van der Waals surface area contributed by atoms with E-state index in [0.29, 0.717) is 36.7 Å². The van der Waals surface area contributed by atoms with Crippen molar-refractivity contribution in [1.82, 2.24) is 4.90 Å². The van der Waals surface area contributed by atoms with Gasteiger partial charge < -0.3 is 21.1 Å². The van der Waals surface area contributed by atoms with Crippen molar-refractivity contribution in [1.29, 1.82) is 0 Å². The summed E-state index contributed by atoms with van der Waals surface area (Å²) in [6.45, 7) is 2.26. The third-order valence-electron chi connectivity index (χ3n) is 4.22. The highest BCUT2D eigenvalue weighted by molar-refractivity contribution is 7.12. The quantitative estimate of drug-likeness (QED) is 0.849. The maximum atomic E-state index is 12.7. The van der Waals surface area contributed by atoms with E-state index in [9.17, 15) is 9.59 Å². The maximum absolute atomic E-state index is 12.7. The molecule has 0 saturated carbocycles. The van der Waals surface area contributed by atoms with Gasteiger partial charge in [-0.1, -0.05) is 12.1 Å². The second kappa shape index (κ2) is 7.77. The number of carbonyl (C=O) groups excluding carboxylic acids is 2. The van der Waals surface area contributed by atoms with Crippen molar-refractivity contribution in [3.63, 3.8) is 0 Å². The number of nitrogens with two attached hydrogens (primary N) is 2. The minimum absolute atomic E-state index is 0.0000139. The molecule has 132 valence electrons. The van der Waals surface area contributed by atoms with Gasteiger partial charge in [0.25, 0.3) is 11.8 Å². The Morgan fingerprint density at radius 1 is 1.24 bits per heavy atom. The van der Waals surface area contributed by atoms with Gasteiger partial charge in [0, 0.05) is 18.7 Å². The number of thiophene rings is 1. The number of rotatable bonds is 5. The topological polar surface area (TPSA) is 98.6 Å². The molecule has 25 heavy (non-hydrogen) atoms. The molecular weight excluding hydrogens is 338 g/mol. The number of carbonyl (C=O) groups is 2. The van der Waals surface area contributed by atoms with Crippen molar-refractivity contribution < 1.29 is 14.3 Å². The van der Waals surface area contributed by atoms with Gasteiger partial charge in [-0.05, 0) is 47.7 Å². The highest BCUT2D eigenvalue weighted by Gasteiger charge is 2.24. The third kappa shape index (κ3) is 4.07. The fourth-order valence-electron chi connectivity index (χ4n) is 2.87. The van der Waals surface area contributed by atoms with Crippen LogP contribution >= 0.6 is 11.3 Å². The van der Waals surface area contributed by atoms with E-state index in [-0.39, 0.29) is 12.0 Å². The molecule has 0 bridgehead atoms. The molecule has 0 radical (unpaired) electrons. The van der Waals surface area contributed by atoms with Gasteiger partial charge in [0.1, 0.15) is 0 Å². The Balaban J connectivity index is 1.70. The predicted molar refractivity (Wildman–Crippen MR) is 97.6 cm³/mol. The second-order valence-electron chi connectivity index (χ2n) is 5.96. The summed E-state index contributed by atoms with van der Waals surface area (Å²) >= 11 is 1.32. The molecule has 1 atom stereocenters. The molecule has 2 heterocycles. The van der Waals surface area contributed by atoms with Gasteiger partial charge in [-0.2, -0.15) is 0 Å². The molecule has 1 unspecified atom stereocenters. The number of hydrogen-bond donors (Lipinski definition) is 2. The molecule has 1 aliphatic rings. The maximum Gasteiger partial charge on any atom is 0.258 e. The number of primary amides is 1. The van der Waals surface area contributed by atoms with E-state index in [2.05, 4.69) is 0 Å². The van der Waals surface area contributed by atoms with Crippen molar-refractivity contribution in [3.05, 3.63) is 46.2 Å². The van der Waals surface area contributed by atoms with Gasteiger partial charge in [0.15, 0.2) is 0 Å². The number of nitrogens with zero attached hydrogens (tertiary/aromatic N) is 1. The molecule has 3 rings (SSSR count). The standard InChI is InChI=1S/C18H21N3O3S/c19-6-5-15-10-21(7-8-24-15)18(23)13-3-1-12(2-4-13)14-9-16(17(20)22)25-11-14/h1-4,9,11,15H,5-8,10,19H2,(H2,20,22). The van der Waals surface area contributed by atoms with Gasteiger partial charge >= 0.3 is 0 Å². The predicted octanol–water partition coefficient (Wildman–Crippen LogP) is 1.70. The van der Waals surface area contributed by atoms with Crippen LogP contribution in [0, 0.1) is 0 Å². The van der Waals surface area contributed by atoms with Crippen molar-refractivity contribution >= 4 is 23.2 Å². The van der Waals surface area contributed by atoms with Gasteiger partial charge in [-0.15, -0.1) is 11.3 Å². The van der Waals surface area contributed by atoms with Crippen LogP contribution in [0.1, 0.15) is 26.5 Å². The average Bonchev–Trinajstić information content (AvgIpc) is 3.12. The van der Waals surface area contributed by atoms with Crippen LogP contribution in [0.4, 0.5) is 0 Å². The van der Waals surface area contributed by atoms with E-state index in [1.54, 1.807) is 6.07 Å². The number of morpholine rings is 1. The zero-order valence-corrected chi connectivity index (χ0v) is 14.6. The second-order valence-corrected chi connectivity index (χ2v) is 6.87. The van der Waals surface area contributed by atoms with Crippen LogP contribution in [0.15, 0.2) is 35.7 Å². The molecule has 7 heteroatoms. The molecule has 1 aromatic carbocycles. The molecule has 4 N–H and O–H groups in total. The van der Waals surface area contributed by atoms with Crippen molar-refractivity contribution in [2.75, 3.05) is 26.2 Å². The summed E-state index contributed by atoms with van der Waals surface area (Å²) in [4.78, 5) is 26.2. The lowest BCUT2D eigenvalue weighted by atomic mass is 10.1. The van der Waals surface area contributed by atoms with Crippen LogP contribution in [0.3, 0.4) is 0 Å². The van der Waals surface area contributed by atoms with Crippen LogP contribution in [0.25, 0.3) is 11.1 Å². The summed E-state index contributed by atoms with van der Waals surface area (Å²) in [5.74, 6) is -0.428. The summed E-state index contributed by atoms with van der Waals surface area (Å²) in [7, 11) is 0. The largest absolute Gasteiger partial charge is 0.374 e. The Morgan fingerprint density at radius 2 is 2.00 bits per heavy atom. The smallest absolute Gasteiger partial charge is 0.258 e. The third-order valence-corrected chi connectivity index (χ3v) is 5.17. The van der Waals surface area contributed by atoms with Crippen molar-refractivity contribution in [2.45, 2.75) is 12.5 Å². The van der Waals surface area contributed by atoms with Crippen LogP contribution in [-0.4, -0.2) is 49.1 Å². The van der Waals surface area contributed by atoms with Gasteiger partial charge in [0.2, 0.25) is 0 Å². The number of amides is 2. The fraction of sp³-hybridized carbons (Fsp3) is 0.333. The lowest BCUT2D eigenvalue weighted by Crippen LogP contribution is -2.46. The van der Waals surface area contributed by atoms with Crippen LogP contribution in [0.5, 0.6) is 0 Å². The van der Waals surface area contributed by atoms with Gasteiger partial charge in [-0.3, -0.25) is 9.59 Å². The fourth-order valence-corrected chi connectivity index (χ4v) is 3.64. The first-order chi connectivity index (χ1) is 12.1. The van der Waals surface area contributed by atoms with E-state index in [4.69, 9.17) is 16.2 Å². The highest BCUT2D eigenvalue weighted by Crippen LogP contribution is 2.26. The highest BCUT2D eigenvalue weighted by atomic mass is 32.1. The van der Waals surface area contributed by atoms with Gasteiger partial charge in [-0.25, -0.2) is 0 Å². The van der Waals surface area contributed by atoms with E-state index < -0.39 is 5.91 Å². The first kappa shape index (κ1) is 17.6. The SMILES string of the molecule is NCCC1CN(C(=O)c2ccc(-c3csc(C(N)=O)c3)cc2)CCO1. The lowest BCUT2D eigenvalue weighted by molar-refractivity contribution is -0.0236. The molecule has 1 saturated heterocycles.